The molecule has 1 aromatic rings. The van der Waals surface area contributed by atoms with Crippen LogP contribution in [-0.4, -0.2) is 52.4 Å². The predicted molar refractivity (Wildman–Crippen MR) is 120 cm³/mol. The number of carbonyl (C=O) groups is 2. The van der Waals surface area contributed by atoms with Gasteiger partial charge in [-0.3, -0.25) is 9.59 Å². The van der Waals surface area contributed by atoms with E-state index in [9.17, 15) is 14.7 Å². The molecule has 1 saturated carbocycles. The monoisotopic (exact) mass is 424 g/mol. The number of hydrogen-bond donors (Lipinski definition) is 1. The van der Waals surface area contributed by atoms with Gasteiger partial charge in [-0.1, -0.05) is 32.9 Å². The zero-order valence-electron chi connectivity index (χ0n) is 19.2. The van der Waals surface area contributed by atoms with Crippen molar-refractivity contribution in [2.75, 3.05) is 19.6 Å². The summed E-state index contributed by atoms with van der Waals surface area (Å²) in [6, 6.07) is 5.99. The zero-order valence-corrected chi connectivity index (χ0v) is 19.2. The number of phenols is 1. The fraction of sp³-hybridized carbons (Fsp3) is 0.692. The molecule has 0 aromatic heterocycles. The summed E-state index contributed by atoms with van der Waals surface area (Å²) in [5.41, 5.74) is 2.16. The number of carbonyl (C=O) groups excluding carboxylic acids is 2. The molecule has 2 amide bonds. The van der Waals surface area contributed by atoms with E-state index in [0.717, 1.165) is 70.1 Å². The fourth-order valence-electron chi connectivity index (χ4n) is 6.81. The van der Waals surface area contributed by atoms with E-state index in [2.05, 4.69) is 31.7 Å². The second-order valence-electron chi connectivity index (χ2n) is 11.1. The van der Waals surface area contributed by atoms with Crippen LogP contribution in [0.4, 0.5) is 0 Å². The molecule has 2 heterocycles. The summed E-state index contributed by atoms with van der Waals surface area (Å²) in [6.07, 6.45) is 6.10. The highest BCUT2D eigenvalue weighted by Gasteiger charge is 2.57. The van der Waals surface area contributed by atoms with Gasteiger partial charge in [-0.05, 0) is 67.6 Å². The van der Waals surface area contributed by atoms with Crippen LogP contribution in [0.15, 0.2) is 18.2 Å². The van der Waals surface area contributed by atoms with Gasteiger partial charge in [0.1, 0.15) is 5.75 Å². The second-order valence-corrected chi connectivity index (χ2v) is 11.1. The van der Waals surface area contributed by atoms with Crippen molar-refractivity contribution in [2.45, 2.75) is 77.2 Å². The number of amides is 2. The van der Waals surface area contributed by atoms with Crippen molar-refractivity contribution >= 4 is 11.8 Å². The molecule has 1 N–H and O–H groups in total. The highest BCUT2D eigenvalue weighted by Crippen LogP contribution is 2.57. The first-order valence-corrected chi connectivity index (χ1v) is 12.1. The lowest BCUT2D eigenvalue weighted by Crippen LogP contribution is -2.65. The first-order valence-electron chi connectivity index (χ1n) is 12.1. The van der Waals surface area contributed by atoms with E-state index in [0.29, 0.717) is 11.7 Å². The highest BCUT2D eigenvalue weighted by molar-refractivity contribution is 5.82. The summed E-state index contributed by atoms with van der Waals surface area (Å²) in [4.78, 5) is 30.4. The number of hydrogen-bond acceptors (Lipinski definition) is 3. The molecule has 0 radical (unpaired) electrons. The third-order valence-electron chi connectivity index (χ3n) is 9.50. The van der Waals surface area contributed by atoms with Gasteiger partial charge >= 0.3 is 0 Å². The first kappa shape index (κ1) is 20.8. The minimum absolute atomic E-state index is 0.0337. The van der Waals surface area contributed by atoms with Crippen LogP contribution in [0.2, 0.25) is 0 Å². The Hall–Kier alpha value is -2.04. The molecule has 2 atom stereocenters. The Bertz CT molecular complexity index is 898. The lowest BCUT2D eigenvalue weighted by molar-refractivity contribution is -0.151. The molecular formula is C26H36N2O3. The largest absolute Gasteiger partial charge is 0.508 e. The lowest BCUT2D eigenvalue weighted by Gasteiger charge is -2.61. The van der Waals surface area contributed by atoms with Crippen molar-refractivity contribution in [1.29, 1.82) is 0 Å². The fourth-order valence-corrected chi connectivity index (χ4v) is 6.81. The van der Waals surface area contributed by atoms with E-state index in [1.54, 1.807) is 6.07 Å². The topological polar surface area (TPSA) is 60.9 Å². The maximum atomic E-state index is 13.7. The summed E-state index contributed by atoms with van der Waals surface area (Å²) in [5.74, 6) is 1.10. The average Bonchev–Trinajstić information content (AvgIpc) is 2.70. The van der Waals surface area contributed by atoms with Crippen molar-refractivity contribution in [1.82, 2.24) is 9.80 Å². The highest BCUT2D eigenvalue weighted by atomic mass is 16.3. The molecule has 3 fully saturated rings. The van der Waals surface area contributed by atoms with Gasteiger partial charge in [0.15, 0.2) is 0 Å². The third-order valence-corrected chi connectivity index (χ3v) is 9.50. The van der Waals surface area contributed by atoms with Gasteiger partial charge in [0.05, 0.1) is 0 Å². The Labute approximate surface area is 185 Å². The molecule has 31 heavy (non-hydrogen) atoms. The Morgan fingerprint density at radius 2 is 1.61 bits per heavy atom. The molecule has 2 aliphatic carbocycles. The van der Waals surface area contributed by atoms with Gasteiger partial charge in [0.25, 0.3) is 0 Å². The van der Waals surface area contributed by atoms with Crippen LogP contribution >= 0.6 is 0 Å². The number of fused-ring (bicyclic) bond motifs is 4. The Kier molecular flexibility index (Phi) is 4.87. The van der Waals surface area contributed by atoms with Crippen LogP contribution < -0.4 is 0 Å². The summed E-state index contributed by atoms with van der Waals surface area (Å²) < 4.78 is 0. The second kappa shape index (κ2) is 7.25. The van der Waals surface area contributed by atoms with Crippen LogP contribution in [0.5, 0.6) is 5.75 Å². The number of rotatable bonds is 2. The Balaban J connectivity index is 1.33. The van der Waals surface area contributed by atoms with E-state index in [-0.39, 0.29) is 34.6 Å². The summed E-state index contributed by atoms with van der Waals surface area (Å²) >= 11 is 0. The molecule has 5 heteroatoms. The molecule has 168 valence electrons. The average molecular weight is 425 g/mol. The van der Waals surface area contributed by atoms with Crippen molar-refractivity contribution in [2.24, 2.45) is 17.3 Å². The summed E-state index contributed by atoms with van der Waals surface area (Å²) in [7, 11) is 0. The van der Waals surface area contributed by atoms with E-state index < -0.39 is 0 Å². The molecule has 0 spiro atoms. The van der Waals surface area contributed by atoms with E-state index >= 15 is 0 Å². The van der Waals surface area contributed by atoms with Crippen LogP contribution in [0.1, 0.15) is 70.4 Å². The quantitative estimate of drug-likeness (QED) is 0.784. The maximum absolute atomic E-state index is 13.7. The minimum atomic E-state index is -0.0631. The Morgan fingerprint density at radius 3 is 2.23 bits per heavy atom. The Morgan fingerprint density at radius 1 is 0.968 bits per heavy atom. The maximum Gasteiger partial charge on any atom is 0.225 e. The van der Waals surface area contributed by atoms with Crippen LogP contribution in [-0.2, 0) is 21.4 Å². The molecule has 5 nitrogen and oxygen atoms in total. The molecule has 4 aliphatic rings. The molecule has 2 bridgehead atoms. The van der Waals surface area contributed by atoms with Gasteiger partial charge in [0, 0.05) is 42.9 Å². The van der Waals surface area contributed by atoms with Crippen LogP contribution in [0.25, 0.3) is 0 Å². The van der Waals surface area contributed by atoms with E-state index in [4.69, 9.17) is 0 Å². The SMILES string of the molecule is CC1(C)[C@H]2Cc3c(O)cccc3[C@]1(C)CCN2C(=O)[C@H]1CC[C@@H](C(=O)N2CCC2)CC1. The standard InChI is InChI=1S/C26H36N2O3/c1-25(2)22-16-19-20(6-4-7-21(19)29)26(25,3)12-15-28(22)24(31)18-10-8-17(9-11-18)23(30)27-13-5-14-27/h4,6-7,17-18,22,29H,5,8-16H2,1-3H3/t17-,18+,22-,26+/m1/s1. The summed E-state index contributed by atoms with van der Waals surface area (Å²) in [5, 5.41) is 10.6. The molecule has 1 aromatic carbocycles. The molecule has 2 saturated heterocycles. The van der Waals surface area contributed by atoms with Gasteiger partial charge in [-0.25, -0.2) is 0 Å². The number of piperidine rings is 1. The molecule has 2 aliphatic heterocycles. The van der Waals surface area contributed by atoms with Gasteiger partial charge in [-0.2, -0.15) is 0 Å². The predicted octanol–water partition coefficient (Wildman–Crippen LogP) is 3.87. The molecule has 0 unspecified atom stereocenters. The summed E-state index contributed by atoms with van der Waals surface area (Å²) in [6.45, 7) is 9.51. The van der Waals surface area contributed by atoms with E-state index in [1.165, 1.54) is 5.56 Å². The van der Waals surface area contributed by atoms with Gasteiger partial charge in [0.2, 0.25) is 11.8 Å². The van der Waals surface area contributed by atoms with Gasteiger partial charge < -0.3 is 14.9 Å². The van der Waals surface area contributed by atoms with E-state index in [1.807, 2.05) is 11.0 Å². The number of benzene rings is 1. The number of likely N-dealkylation sites (tertiary alicyclic amines) is 2. The van der Waals surface area contributed by atoms with Crippen molar-refractivity contribution in [3.8, 4) is 5.75 Å². The number of aromatic hydroxyl groups is 1. The normalized spacial score (nSPS) is 34.0. The van der Waals surface area contributed by atoms with Crippen molar-refractivity contribution in [3.63, 3.8) is 0 Å². The first-order chi connectivity index (χ1) is 14.7. The minimum Gasteiger partial charge on any atom is -0.508 e. The van der Waals surface area contributed by atoms with Gasteiger partial charge in [-0.15, -0.1) is 0 Å². The van der Waals surface area contributed by atoms with Crippen LogP contribution in [0.3, 0.4) is 0 Å². The van der Waals surface area contributed by atoms with Crippen molar-refractivity contribution < 1.29 is 14.7 Å². The third kappa shape index (κ3) is 3.02. The van der Waals surface area contributed by atoms with Crippen molar-refractivity contribution in [3.05, 3.63) is 29.3 Å². The number of phenolic OH excluding ortho intramolecular Hbond substituents is 1. The number of nitrogens with zero attached hydrogens (tertiary/aromatic N) is 2. The lowest BCUT2D eigenvalue weighted by atomic mass is 9.51. The molecular weight excluding hydrogens is 388 g/mol. The zero-order chi connectivity index (χ0) is 22.0. The van der Waals surface area contributed by atoms with Crippen LogP contribution in [0, 0.1) is 17.3 Å². The molecule has 5 rings (SSSR count). The smallest absolute Gasteiger partial charge is 0.225 e.